The highest BCUT2D eigenvalue weighted by molar-refractivity contribution is 5.73. The van der Waals surface area contributed by atoms with Crippen LogP contribution in [0.25, 0.3) is 0 Å². The van der Waals surface area contributed by atoms with E-state index >= 15 is 0 Å². The van der Waals surface area contributed by atoms with Crippen molar-refractivity contribution in [3.63, 3.8) is 0 Å². The molecule has 0 aliphatic carbocycles. The van der Waals surface area contributed by atoms with E-state index in [0.717, 1.165) is 25.8 Å². The lowest BCUT2D eigenvalue weighted by atomic mass is 10.00. The number of hydrogen-bond donors (Lipinski definition) is 1. The van der Waals surface area contributed by atoms with Crippen molar-refractivity contribution >= 4 is 5.97 Å². The molecular formula is C15H21NO2. The lowest BCUT2D eigenvalue weighted by molar-refractivity contribution is -0.143. The van der Waals surface area contributed by atoms with Crippen LogP contribution in [0.2, 0.25) is 0 Å². The number of carbonyl (C=O) groups is 1. The van der Waals surface area contributed by atoms with Crippen LogP contribution < -0.4 is 0 Å². The summed E-state index contributed by atoms with van der Waals surface area (Å²) in [5.74, 6) is -0.682. The molecule has 0 amide bonds. The van der Waals surface area contributed by atoms with E-state index in [-0.39, 0.29) is 12.1 Å². The predicted molar refractivity (Wildman–Crippen MR) is 71.6 cm³/mol. The summed E-state index contributed by atoms with van der Waals surface area (Å²) in [6, 6.07) is 8.33. The molecule has 1 fully saturated rings. The van der Waals surface area contributed by atoms with Crippen molar-refractivity contribution in [1.82, 2.24) is 4.90 Å². The second-order valence-corrected chi connectivity index (χ2v) is 5.07. The molecule has 0 aromatic heterocycles. The summed E-state index contributed by atoms with van der Waals surface area (Å²) in [5, 5.41) is 9.29. The highest BCUT2D eigenvalue weighted by atomic mass is 16.4. The molecule has 2 atom stereocenters. The summed E-state index contributed by atoms with van der Waals surface area (Å²) in [6.45, 7) is 5.10. The third-order valence-corrected chi connectivity index (χ3v) is 3.79. The molecule has 1 aliphatic heterocycles. The monoisotopic (exact) mass is 247 g/mol. The normalized spacial score (nSPS) is 22.0. The maximum absolute atomic E-state index is 11.3. The van der Waals surface area contributed by atoms with Crippen molar-refractivity contribution in [3.8, 4) is 0 Å². The van der Waals surface area contributed by atoms with Gasteiger partial charge in [-0.15, -0.1) is 0 Å². The van der Waals surface area contributed by atoms with E-state index in [4.69, 9.17) is 0 Å². The summed E-state index contributed by atoms with van der Waals surface area (Å²) in [4.78, 5) is 13.4. The zero-order chi connectivity index (χ0) is 13.1. The minimum Gasteiger partial charge on any atom is -0.480 e. The largest absolute Gasteiger partial charge is 0.480 e. The number of hydrogen-bond acceptors (Lipinski definition) is 2. The first-order valence-electron chi connectivity index (χ1n) is 6.68. The molecule has 98 valence electrons. The zero-order valence-electron chi connectivity index (χ0n) is 11.1. The molecule has 0 bridgehead atoms. The van der Waals surface area contributed by atoms with Crippen molar-refractivity contribution in [3.05, 3.63) is 35.4 Å². The zero-order valence-corrected chi connectivity index (χ0v) is 11.1. The molecule has 1 aliphatic rings. The molecule has 1 heterocycles. The Morgan fingerprint density at radius 1 is 1.56 bits per heavy atom. The summed E-state index contributed by atoms with van der Waals surface area (Å²) in [7, 11) is 0. The van der Waals surface area contributed by atoms with Gasteiger partial charge in [-0.05, 0) is 38.3 Å². The van der Waals surface area contributed by atoms with Crippen molar-refractivity contribution in [1.29, 1.82) is 0 Å². The van der Waals surface area contributed by atoms with Crippen molar-refractivity contribution in [2.24, 2.45) is 0 Å². The smallest absolute Gasteiger partial charge is 0.320 e. The average molecular weight is 247 g/mol. The maximum atomic E-state index is 11.3. The van der Waals surface area contributed by atoms with E-state index in [0.29, 0.717) is 0 Å². The van der Waals surface area contributed by atoms with E-state index in [2.05, 4.69) is 43.0 Å². The van der Waals surface area contributed by atoms with Crippen LogP contribution in [0.1, 0.15) is 43.4 Å². The molecule has 18 heavy (non-hydrogen) atoms. The van der Waals surface area contributed by atoms with Gasteiger partial charge in [0.15, 0.2) is 0 Å². The summed E-state index contributed by atoms with van der Waals surface area (Å²) < 4.78 is 0. The van der Waals surface area contributed by atoms with Gasteiger partial charge in [0, 0.05) is 6.04 Å². The van der Waals surface area contributed by atoms with Gasteiger partial charge >= 0.3 is 5.97 Å². The maximum Gasteiger partial charge on any atom is 0.320 e. The Bertz CT molecular complexity index is 430. The quantitative estimate of drug-likeness (QED) is 0.889. The first-order valence-corrected chi connectivity index (χ1v) is 6.68. The van der Waals surface area contributed by atoms with Gasteiger partial charge in [0.05, 0.1) is 0 Å². The summed E-state index contributed by atoms with van der Waals surface area (Å²) in [5.41, 5.74) is 2.47. The van der Waals surface area contributed by atoms with Gasteiger partial charge in [-0.25, -0.2) is 0 Å². The Balaban J connectivity index is 2.25. The number of carboxylic acids is 1. The van der Waals surface area contributed by atoms with Gasteiger partial charge in [-0.2, -0.15) is 0 Å². The molecule has 1 aromatic rings. The third-order valence-electron chi connectivity index (χ3n) is 3.79. The van der Waals surface area contributed by atoms with E-state index in [1.54, 1.807) is 0 Å². The molecule has 2 rings (SSSR count). The first-order chi connectivity index (χ1) is 8.63. The fraction of sp³-hybridized carbons (Fsp3) is 0.533. The van der Waals surface area contributed by atoms with Crippen molar-refractivity contribution < 1.29 is 9.90 Å². The summed E-state index contributed by atoms with van der Waals surface area (Å²) >= 11 is 0. The molecule has 0 spiro atoms. The Morgan fingerprint density at radius 2 is 2.33 bits per heavy atom. The standard InChI is InChI=1S/C15H21NO2/c1-3-13(12-7-4-6-11(2)10-12)16-9-5-8-14(16)15(17)18/h4,6-7,10,13-14H,3,5,8-9H2,1-2H3,(H,17,18). The minimum absolute atomic E-state index is 0.230. The van der Waals surface area contributed by atoms with Crippen LogP contribution in [0.3, 0.4) is 0 Å². The molecule has 1 aromatic carbocycles. The van der Waals surface area contributed by atoms with Crippen LogP contribution in [0.4, 0.5) is 0 Å². The highest BCUT2D eigenvalue weighted by Crippen LogP contribution is 2.32. The Morgan fingerprint density at radius 3 is 2.94 bits per heavy atom. The molecule has 0 radical (unpaired) electrons. The number of carboxylic acid groups (broad SMARTS) is 1. The van der Waals surface area contributed by atoms with Gasteiger partial charge in [-0.1, -0.05) is 36.8 Å². The van der Waals surface area contributed by atoms with Crippen LogP contribution in [-0.4, -0.2) is 28.6 Å². The lowest BCUT2D eigenvalue weighted by Crippen LogP contribution is -2.38. The SMILES string of the molecule is CCC(c1cccc(C)c1)N1CCCC1C(=O)O. The van der Waals surface area contributed by atoms with E-state index in [9.17, 15) is 9.90 Å². The number of aliphatic carboxylic acids is 1. The number of benzene rings is 1. The van der Waals surface area contributed by atoms with Gasteiger partial charge < -0.3 is 5.11 Å². The molecular weight excluding hydrogens is 226 g/mol. The molecule has 2 unspecified atom stereocenters. The second kappa shape index (κ2) is 5.53. The number of nitrogens with zero attached hydrogens (tertiary/aromatic N) is 1. The van der Waals surface area contributed by atoms with Crippen molar-refractivity contribution in [2.45, 2.75) is 45.2 Å². The summed E-state index contributed by atoms with van der Waals surface area (Å²) in [6.07, 6.45) is 2.71. The van der Waals surface area contributed by atoms with Crippen LogP contribution in [0.5, 0.6) is 0 Å². The fourth-order valence-electron chi connectivity index (χ4n) is 2.97. The Hall–Kier alpha value is -1.35. The first kappa shape index (κ1) is 13.1. The fourth-order valence-corrected chi connectivity index (χ4v) is 2.97. The lowest BCUT2D eigenvalue weighted by Gasteiger charge is -2.31. The van der Waals surface area contributed by atoms with E-state index in [1.807, 2.05) is 0 Å². The second-order valence-electron chi connectivity index (χ2n) is 5.07. The van der Waals surface area contributed by atoms with Gasteiger partial charge in [0.25, 0.3) is 0 Å². The average Bonchev–Trinajstić information content (AvgIpc) is 2.79. The third kappa shape index (κ3) is 2.56. The van der Waals surface area contributed by atoms with E-state index in [1.165, 1.54) is 11.1 Å². The van der Waals surface area contributed by atoms with Crippen molar-refractivity contribution in [2.75, 3.05) is 6.54 Å². The molecule has 3 heteroatoms. The van der Waals surface area contributed by atoms with E-state index < -0.39 is 5.97 Å². The topological polar surface area (TPSA) is 40.5 Å². The molecule has 1 saturated heterocycles. The van der Waals surface area contributed by atoms with Gasteiger partial charge in [0.1, 0.15) is 6.04 Å². The van der Waals surface area contributed by atoms with Crippen LogP contribution >= 0.6 is 0 Å². The predicted octanol–water partition coefficient (Wildman–Crippen LogP) is 3.00. The van der Waals surface area contributed by atoms with Crippen LogP contribution in [0.15, 0.2) is 24.3 Å². The Labute approximate surface area is 108 Å². The molecule has 3 nitrogen and oxygen atoms in total. The minimum atomic E-state index is -0.682. The van der Waals surface area contributed by atoms with Gasteiger partial charge in [-0.3, -0.25) is 9.69 Å². The van der Waals surface area contributed by atoms with Gasteiger partial charge in [0.2, 0.25) is 0 Å². The number of aryl methyl sites for hydroxylation is 1. The molecule has 0 saturated carbocycles. The van der Waals surface area contributed by atoms with Crippen LogP contribution in [0, 0.1) is 6.92 Å². The number of rotatable bonds is 4. The highest BCUT2D eigenvalue weighted by Gasteiger charge is 2.35. The Kier molecular flexibility index (Phi) is 4.02. The number of likely N-dealkylation sites (tertiary alicyclic amines) is 1. The van der Waals surface area contributed by atoms with Crippen LogP contribution in [-0.2, 0) is 4.79 Å². The molecule has 1 N–H and O–H groups in total.